The first-order valence-electron chi connectivity index (χ1n) is 6.37. The predicted molar refractivity (Wildman–Crippen MR) is 74.0 cm³/mol. The summed E-state index contributed by atoms with van der Waals surface area (Å²) in [5, 5.41) is 0. The fraction of sp³-hybridized carbons (Fsp3) is 0.500. The van der Waals surface area contributed by atoms with Crippen molar-refractivity contribution in [2.75, 3.05) is 0 Å². The number of aromatic nitrogens is 1. The predicted octanol–water partition coefficient (Wildman–Crippen LogP) is 3.41. The van der Waals surface area contributed by atoms with E-state index in [0.717, 1.165) is 5.56 Å². The SMILES string of the molecule is CC(=C(F)B1OC(C)(C)C(C)(C)O1)c1ccncc1. The summed E-state index contributed by atoms with van der Waals surface area (Å²) in [6, 6.07) is 3.53. The summed E-state index contributed by atoms with van der Waals surface area (Å²) >= 11 is 0. The number of allylic oxidation sites excluding steroid dienone is 1. The van der Waals surface area contributed by atoms with Crippen LogP contribution in [0.3, 0.4) is 0 Å². The number of hydrogen-bond donors (Lipinski definition) is 0. The van der Waals surface area contributed by atoms with Crippen LogP contribution in [0, 0.1) is 0 Å². The molecule has 3 nitrogen and oxygen atoms in total. The van der Waals surface area contributed by atoms with Crippen LogP contribution < -0.4 is 0 Å². The number of rotatable bonds is 2. The van der Waals surface area contributed by atoms with Gasteiger partial charge in [0.05, 0.1) is 11.2 Å². The van der Waals surface area contributed by atoms with Crippen LogP contribution in [-0.4, -0.2) is 23.3 Å². The third-order valence-corrected chi connectivity index (χ3v) is 3.93. The van der Waals surface area contributed by atoms with Crippen molar-refractivity contribution in [3.05, 3.63) is 35.8 Å². The van der Waals surface area contributed by atoms with E-state index in [2.05, 4.69) is 4.98 Å². The Kier molecular flexibility index (Phi) is 3.54. The highest BCUT2D eigenvalue weighted by Crippen LogP contribution is 2.40. The molecule has 0 N–H and O–H groups in total. The third kappa shape index (κ3) is 2.58. The molecule has 0 unspecified atom stereocenters. The number of pyridine rings is 1. The molecule has 0 bridgehead atoms. The van der Waals surface area contributed by atoms with Crippen LogP contribution in [0.5, 0.6) is 0 Å². The van der Waals surface area contributed by atoms with E-state index in [1.807, 2.05) is 27.7 Å². The Labute approximate surface area is 114 Å². The maximum absolute atomic E-state index is 14.5. The first-order chi connectivity index (χ1) is 8.74. The van der Waals surface area contributed by atoms with Crippen LogP contribution >= 0.6 is 0 Å². The summed E-state index contributed by atoms with van der Waals surface area (Å²) in [6.07, 6.45) is 3.27. The van der Waals surface area contributed by atoms with E-state index < -0.39 is 18.3 Å². The van der Waals surface area contributed by atoms with Crippen LogP contribution in [-0.2, 0) is 9.31 Å². The van der Waals surface area contributed by atoms with Crippen LogP contribution in [0.4, 0.5) is 4.39 Å². The molecule has 1 saturated heterocycles. The summed E-state index contributed by atoms with van der Waals surface area (Å²) in [4.78, 5) is 3.92. The molecule has 1 aromatic rings. The zero-order valence-corrected chi connectivity index (χ0v) is 12.0. The van der Waals surface area contributed by atoms with E-state index in [1.54, 1.807) is 31.5 Å². The molecule has 2 heterocycles. The minimum atomic E-state index is -0.946. The van der Waals surface area contributed by atoms with Gasteiger partial charge in [-0.05, 0) is 57.9 Å². The Bertz CT molecular complexity index is 483. The van der Waals surface area contributed by atoms with Crippen molar-refractivity contribution in [3.8, 4) is 0 Å². The van der Waals surface area contributed by atoms with Crippen molar-refractivity contribution < 1.29 is 13.7 Å². The molecule has 0 spiro atoms. The highest BCUT2D eigenvalue weighted by Gasteiger charge is 2.53. The van der Waals surface area contributed by atoms with Crippen molar-refractivity contribution in [1.29, 1.82) is 0 Å². The quantitative estimate of drug-likeness (QED) is 0.766. The van der Waals surface area contributed by atoms with E-state index in [-0.39, 0.29) is 5.73 Å². The lowest BCUT2D eigenvalue weighted by Crippen LogP contribution is -2.41. The average molecular weight is 263 g/mol. The molecule has 1 fully saturated rings. The van der Waals surface area contributed by atoms with Gasteiger partial charge in [0.25, 0.3) is 0 Å². The Morgan fingerprint density at radius 2 is 1.58 bits per heavy atom. The standard InChI is InChI=1S/C14H19BFNO2/c1-10(11-6-8-17-9-7-11)12(16)15-18-13(2,3)14(4,5)19-15/h6-9H,1-5H3. The highest BCUT2D eigenvalue weighted by atomic mass is 19.1. The minimum absolute atomic E-state index is 0.384. The molecule has 102 valence electrons. The Hall–Kier alpha value is -1.20. The van der Waals surface area contributed by atoms with Crippen LogP contribution in [0.1, 0.15) is 40.2 Å². The molecule has 0 atom stereocenters. The second-order valence-corrected chi connectivity index (χ2v) is 5.80. The van der Waals surface area contributed by atoms with Gasteiger partial charge < -0.3 is 9.31 Å². The van der Waals surface area contributed by atoms with Gasteiger partial charge in [0.15, 0.2) is 0 Å². The van der Waals surface area contributed by atoms with Crippen molar-refractivity contribution in [2.45, 2.75) is 45.8 Å². The normalized spacial score (nSPS) is 22.3. The molecule has 0 aromatic carbocycles. The van der Waals surface area contributed by atoms with Gasteiger partial charge in [-0.1, -0.05) is 0 Å². The molecule has 1 aliphatic rings. The van der Waals surface area contributed by atoms with Gasteiger partial charge in [-0.15, -0.1) is 0 Å². The molecule has 0 amide bonds. The lowest BCUT2D eigenvalue weighted by atomic mass is 9.83. The molecule has 0 aliphatic carbocycles. The van der Waals surface area contributed by atoms with Gasteiger partial charge in [0.2, 0.25) is 0 Å². The summed E-state index contributed by atoms with van der Waals surface area (Å²) < 4.78 is 25.9. The largest absolute Gasteiger partial charge is 0.525 e. The van der Waals surface area contributed by atoms with Crippen LogP contribution in [0.15, 0.2) is 30.3 Å². The molecule has 0 saturated carbocycles. The van der Waals surface area contributed by atoms with Crippen LogP contribution in [0.25, 0.3) is 5.57 Å². The van der Waals surface area contributed by atoms with E-state index in [4.69, 9.17) is 9.31 Å². The highest BCUT2D eigenvalue weighted by molar-refractivity contribution is 6.55. The summed E-state index contributed by atoms with van der Waals surface area (Å²) in [7, 11) is -0.946. The smallest absolute Gasteiger partial charge is 0.398 e. The fourth-order valence-electron chi connectivity index (χ4n) is 1.86. The molecular formula is C14H19BFNO2. The summed E-state index contributed by atoms with van der Waals surface area (Å²) in [5.41, 5.74) is -0.158. The summed E-state index contributed by atoms with van der Waals surface area (Å²) in [5.74, 6) is 0. The zero-order valence-electron chi connectivity index (χ0n) is 12.0. The van der Waals surface area contributed by atoms with E-state index in [0.29, 0.717) is 5.57 Å². The number of halogens is 1. The molecule has 2 rings (SSSR count). The van der Waals surface area contributed by atoms with Gasteiger partial charge in [-0.3, -0.25) is 4.98 Å². The molecule has 1 aliphatic heterocycles. The monoisotopic (exact) mass is 263 g/mol. The first-order valence-corrected chi connectivity index (χ1v) is 6.37. The average Bonchev–Trinajstić information content (AvgIpc) is 2.58. The number of hydrogen-bond acceptors (Lipinski definition) is 3. The topological polar surface area (TPSA) is 31.4 Å². The molecule has 19 heavy (non-hydrogen) atoms. The Morgan fingerprint density at radius 3 is 2.05 bits per heavy atom. The van der Waals surface area contributed by atoms with E-state index >= 15 is 0 Å². The van der Waals surface area contributed by atoms with Gasteiger partial charge >= 0.3 is 7.12 Å². The summed E-state index contributed by atoms with van der Waals surface area (Å²) in [6.45, 7) is 9.34. The van der Waals surface area contributed by atoms with Crippen LogP contribution in [0.2, 0.25) is 0 Å². The van der Waals surface area contributed by atoms with Crippen molar-refractivity contribution in [2.24, 2.45) is 0 Å². The van der Waals surface area contributed by atoms with E-state index in [9.17, 15) is 4.39 Å². The molecule has 5 heteroatoms. The maximum atomic E-state index is 14.5. The lowest BCUT2D eigenvalue weighted by Gasteiger charge is -2.32. The molecule has 1 aromatic heterocycles. The van der Waals surface area contributed by atoms with Gasteiger partial charge in [-0.2, -0.15) is 0 Å². The minimum Gasteiger partial charge on any atom is -0.398 e. The van der Waals surface area contributed by atoms with Gasteiger partial charge in [0, 0.05) is 12.4 Å². The fourth-order valence-corrected chi connectivity index (χ4v) is 1.86. The zero-order chi connectivity index (χ0) is 14.3. The molecule has 0 radical (unpaired) electrons. The Balaban J connectivity index is 2.29. The third-order valence-electron chi connectivity index (χ3n) is 3.93. The van der Waals surface area contributed by atoms with Crippen molar-refractivity contribution >= 4 is 12.7 Å². The number of nitrogens with zero attached hydrogens (tertiary/aromatic N) is 1. The van der Waals surface area contributed by atoms with Gasteiger partial charge in [-0.25, -0.2) is 4.39 Å². The van der Waals surface area contributed by atoms with Crippen molar-refractivity contribution in [1.82, 2.24) is 4.98 Å². The van der Waals surface area contributed by atoms with E-state index in [1.165, 1.54) is 0 Å². The molecular weight excluding hydrogens is 244 g/mol. The lowest BCUT2D eigenvalue weighted by molar-refractivity contribution is 0.00578. The first kappa shape index (κ1) is 14.2. The Morgan fingerprint density at radius 1 is 1.11 bits per heavy atom. The maximum Gasteiger partial charge on any atom is 0.525 e. The van der Waals surface area contributed by atoms with Crippen molar-refractivity contribution in [3.63, 3.8) is 0 Å². The second-order valence-electron chi connectivity index (χ2n) is 5.80. The second kappa shape index (κ2) is 4.73. The van der Waals surface area contributed by atoms with Gasteiger partial charge in [0.1, 0.15) is 5.73 Å².